The van der Waals surface area contributed by atoms with E-state index in [-0.39, 0.29) is 11.7 Å². The number of aliphatic imine (C=N–C) groups is 1. The van der Waals surface area contributed by atoms with Crippen LogP contribution in [0.15, 0.2) is 28.1 Å². The van der Waals surface area contributed by atoms with E-state index in [1.165, 1.54) is 0 Å². The molecule has 0 saturated carbocycles. The maximum absolute atomic E-state index is 11.0. The van der Waals surface area contributed by atoms with Crippen molar-refractivity contribution in [2.24, 2.45) is 4.99 Å². The molecule has 0 amide bonds. The minimum absolute atomic E-state index is 0. The van der Waals surface area contributed by atoms with Crippen LogP contribution in [0.4, 0.5) is 0 Å². The molecule has 1 aromatic heterocycles. The average molecular weight is 211 g/mol. The number of hydrogen-bond donors (Lipinski definition) is 2. The van der Waals surface area contributed by atoms with E-state index in [9.17, 15) is 4.79 Å². The number of hydrogen-bond acceptors (Lipinski definition) is 4. The third kappa shape index (κ3) is 2.71. The van der Waals surface area contributed by atoms with Gasteiger partial charge in [0.2, 0.25) is 5.56 Å². The lowest BCUT2D eigenvalue weighted by Gasteiger charge is -2.04. The van der Waals surface area contributed by atoms with Crippen molar-refractivity contribution in [3.05, 3.63) is 34.2 Å². The standard InChI is InChI=1S/C9H10N2OS.H3N/c12-9-4-7(1-2-10-9)3-8-5-13-6-11-8;/h1-2,4,6,8H,3,5H2,(H,10,12);1H3. The van der Waals surface area contributed by atoms with Crippen molar-refractivity contribution < 1.29 is 0 Å². The molecule has 0 radical (unpaired) electrons. The largest absolute Gasteiger partial charge is 0.344 e. The summed E-state index contributed by atoms with van der Waals surface area (Å²) in [5.74, 6) is 1.03. The van der Waals surface area contributed by atoms with Crippen molar-refractivity contribution in [1.82, 2.24) is 11.1 Å². The van der Waals surface area contributed by atoms with Crippen LogP contribution in [0, 0.1) is 0 Å². The van der Waals surface area contributed by atoms with Gasteiger partial charge in [0, 0.05) is 18.0 Å². The van der Waals surface area contributed by atoms with E-state index in [2.05, 4.69) is 9.98 Å². The maximum atomic E-state index is 11.0. The number of rotatable bonds is 2. The van der Waals surface area contributed by atoms with Gasteiger partial charge < -0.3 is 11.1 Å². The second-order valence-corrected chi connectivity index (χ2v) is 3.88. The lowest BCUT2D eigenvalue weighted by atomic mass is 10.1. The topological polar surface area (TPSA) is 80.2 Å². The van der Waals surface area contributed by atoms with Crippen LogP contribution in [-0.4, -0.2) is 22.3 Å². The van der Waals surface area contributed by atoms with Gasteiger partial charge in [-0.25, -0.2) is 0 Å². The van der Waals surface area contributed by atoms with Gasteiger partial charge in [0.1, 0.15) is 0 Å². The summed E-state index contributed by atoms with van der Waals surface area (Å²) >= 11 is 1.73. The van der Waals surface area contributed by atoms with E-state index >= 15 is 0 Å². The Morgan fingerprint density at radius 1 is 1.64 bits per heavy atom. The first-order valence-electron chi connectivity index (χ1n) is 4.15. The molecule has 1 unspecified atom stereocenters. The number of aromatic amines is 1. The summed E-state index contributed by atoms with van der Waals surface area (Å²) in [6, 6.07) is 3.92. The second-order valence-electron chi connectivity index (χ2n) is 3.01. The molecule has 4 nitrogen and oxygen atoms in total. The van der Waals surface area contributed by atoms with Gasteiger partial charge in [-0.1, -0.05) is 0 Å². The van der Waals surface area contributed by atoms with Gasteiger partial charge in [-0.15, -0.1) is 11.8 Å². The molecule has 0 aliphatic carbocycles. The quantitative estimate of drug-likeness (QED) is 0.772. The van der Waals surface area contributed by atoms with Crippen LogP contribution >= 0.6 is 11.8 Å². The molecule has 1 atom stereocenters. The molecule has 0 fully saturated rings. The molecule has 0 aromatic carbocycles. The molecular formula is C9H13N3OS. The monoisotopic (exact) mass is 211 g/mol. The summed E-state index contributed by atoms with van der Waals surface area (Å²) in [7, 11) is 0. The van der Waals surface area contributed by atoms with E-state index in [0.29, 0.717) is 6.04 Å². The third-order valence-electron chi connectivity index (χ3n) is 1.95. The third-order valence-corrected chi connectivity index (χ3v) is 2.79. The highest BCUT2D eigenvalue weighted by Crippen LogP contribution is 2.14. The first-order chi connectivity index (χ1) is 6.34. The minimum atomic E-state index is -0.0351. The highest BCUT2D eigenvalue weighted by atomic mass is 32.2. The molecule has 4 N–H and O–H groups in total. The number of aromatic nitrogens is 1. The van der Waals surface area contributed by atoms with Crippen LogP contribution in [0.25, 0.3) is 0 Å². The van der Waals surface area contributed by atoms with Gasteiger partial charge >= 0.3 is 0 Å². The lowest BCUT2D eigenvalue weighted by molar-refractivity contribution is 0.762. The molecule has 2 heterocycles. The SMILES string of the molecule is N.O=c1cc(CC2CSC=N2)cc[nH]1. The highest BCUT2D eigenvalue weighted by molar-refractivity contribution is 8.12. The Balaban J connectivity index is 0.000000980. The first kappa shape index (κ1) is 11.0. The molecule has 1 aliphatic heterocycles. The maximum Gasteiger partial charge on any atom is 0.248 e. The molecule has 1 aromatic rings. The van der Waals surface area contributed by atoms with Crippen molar-refractivity contribution in [3.63, 3.8) is 0 Å². The molecule has 0 spiro atoms. The van der Waals surface area contributed by atoms with E-state index < -0.39 is 0 Å². The molecule has 14 heavy (non-hydrogen) atoms. The highest BCUT2D eigenvalue weighted by Gasteiger charge is 2.11. The van der Waals surface area contributed by atoms with E-state index in [4.69, 9.17) is 0 Å². The van der Waals surface area contributed by atoms with Gasteiger partial charge in [0.05, 0.1) is 11.6 Å². The fourth-order valence-electron chi connectivity index (χ4n) is 1.33. The lowest BCUT2D eigenvalue weighted by Crippen LogP contribution is -2.11. The number of pyridine rings is 1. The van der Waals surface area contributed by atoms with Crippen LogP contribution in [0.5, 0.6) is 0 Å². The van der Waals surface area contributed by atoms with Crippen LogP contribution in [0.2, 0.25) is 0 Å². The second kappa shape index (κ2) is 4.97. The Hall–Kier alpha value is -1.07. The van der Waals surface area contributed by atoms with Crippen LogP contribution in [0.3, 0.4) is 0 Å². The van der Waals surface area contributed by atoms with E-state index in [1.54, 1.807) is 24.0 Å². The summed E-state index contributed by atoms with van der Waals surface area (Å²) < 4.78 is 0. The zero-order valence-corrected chi connectivity index (χ0v) is 8.59. The molecular weight excluding hydrogens is 198 g/mol. The predicted molar refractivity (Wildman–Crippen MR) is 60.5 cm³/mol. The molecule has 0 bridgehead atoms. The number of nitrogens with one attached hydrogen (secondary N) is 1. The fourth-order valence-corrected chi connectivity index (χ4v) is 2.10. The Morgan fingerprint density at radius 2 is 2.50 bits per heavy atom. The van der Waals surface area contributed by atoms with Crippen molar-refractivity contribution in [3.8, 4) is 0 Å². The van der Waals surface area contributed by atoms with Crippen molar-refractivity contribution in [2.45, 2.75) is 12.5 Å². The van der Waals surface area contributed by atoms with E-state index in [0.717, 1.165) is 17.7 Å². The summed E-state index contributed by atoms with van der Waals surface area (Å²) in [5.41, 5.74) is 2.92. The van der Waals surface area contributed by atoms with Gasteiger partial charge in [0.15, 0.2) is 0 Å². The number of nitrogens with zero attached hydrogens (tertiary/aromatic N) is 1. The zero-order chi connectivity index (χ0) is 9.10. The van der Waals surface area contributed by atoms with Crippen LogP contribution in [-0.2, 0) is 6.42 Å². The summed E-state index contributed by atoms with van der Waals surface area (Å²) in [6.07, 6.45) is 2.55. The summed E-state index contributed by atoms with van der Waals surface area (Å²) in [6.45, 7) is 0. The van der Waals surface area contributed by atoms with E-state index in [1.807, 2.05) is 11.6 Å². The fraction of sp³-hybridized carbons (Fsp3) is 0.333. The molecule has 2 rings (SSSR count). The first-order valence-corrected chi connectivity index (χ1v) is 5.20. The van der Waals surface area contributed by atoms with Crippen LogP contribution < -0.4 is 11.7 Å². The molecule has 1 aliphatic rings. The van der Waals surface area contributed by atoms with Crippen molar-refractivity contribution >= 4 is 17.3 Å². The zero-order valence-electron chi connectivity index (χ0n) is 7.77. The Labute approximate surface area is 86.4 Å². The van der Waals surface area contributed by atoms with Gasteiger partial charge in [-0.05, 0) is 18.1 Å². The number of H-pyrrole nitrogens is 1. The number of thioether (sulfide) groups is 1. The minimum Gasteiger partial charge on any atom is -0.344 e. The summed E-state index contributed by atoms with van der Waals surface area (Å²) in [5, 5.41) is 0. The van der Waals surface area contributed by atoms with Crippen molar-refractivity contribution in [2.75, 3.05) is 5.75 Å². The van der Waals surface area contributed by atoms with Crippen molar-refractivity contribution in [1.29, 1.82) is 0 Å². The molecule has 76 valence electrons. The Kier molecular flexibility index (Phi) is 3.91. The normalized spacial score (nSPS) is 19.3. The predicted octanol–water partition coefficient (Wildman–Crippen LogP) is 1.22. The smallest absolute Gasteiger partial charge is 0.248 e. The molecule has 5 heteroatoms. The molecule has 0 saturated heterocycles. The Morgan fingerprint density at radius 3 is 3.14 bits per heavy atom. The van der Waals surface area contributed by atoms with Gasteiger partial charge in [-0.3, -0.25) is 9.79 Å². The Bertz CT molecular complexity index is 374. The summed E-state index contributed by atoms with van der Waals surface area (Å²) in [4.78, 5) is 17.8. The van der Waals surface area contributed by atoms with Crippen LogP contribution in [0.1, 0.15) is 5.56 Å². The average Bonchev–Trinajstić information content (AvgIpc) is 2.57. The van der Waals surface area contributed by atoms with Gasteiger partial charge in [-0.2, -0.15) is 0 Å². The van der Waals surface area contributed by atoms with Gasteiger partial charge in [0.25, 0.3) is 0 Å².